The lowest BCUT2D eigenvalue weighted by molar-refractivity contribution is 0.0951. The summed E-state index contributed by atoms with van der Waals surface area (Å²) in [6.07, 6.45) is 2.26. The summed E-state index contributed by atoms with van der Waals surface area (Å²) in [7, 11) is 0. The fourth-order valence-electron chi connectivity index (χ4n) is 4.06. The molecule has 1 amide bonds. The minimum Gasteiger partial charge on any atom is -0.352 e. The summed E-state index contributed by atoms with van der Waals surface area (Å²) in [6, 6.07) is 15.7. The molecule has 0 saturated carbocycles. The Bertz CT molecular complexity index is 1350. The van der Waals surface area contributed by atoms with Crippen LogP contribution in [-0.4, -0.2) is 31.8 Å². The third kappa shape index (κ3) is 4.58. The molecule has 4 rings (SSSR count). The number of amides is 1. The summed E-state index contributed by atoms with van der Waals surface area (Å²) in [5.41, 5.74) is 5.54. The van der Waals surface area contributed by atoms with Gasteiger partial charge in [-0.05, 0) is 50.5 Å². The molecule has 0 aliphatic rings. The first kappa shape index (κ1) is 22.5. The molecule has 2 aromatic carbocycles. The normalized spacial score (nSPS) is 11.3. The molecule has 0 atom stereocenters. The van der Waals surface area contributed by atoms with Crippen LogP contribution in [0.1, 0.15) is 53.5 Å². The van der Waals surface area contributed by atoms with Gasteiger partial charge < -0.3 is 9.88 Å². The Labute approximate surface area is 193 Å². The molecule has 7 nitrogen and oxygen atoms in total. The summed E-state index contributed by atoms with van der Waals surface area (Å²) in [5.74, 6) is -0.0283. The van der Waals surface area contributed by atoms with Crippen molar-refractivity contribution in [1.82, 2.24) is 24.6 Å². The van der Waals surface area contributed by atoms with Gasteiger partial charge >= 0.3 is 0 Å². The maximum atomic E-state index is 13.0. The number of para-hydroxylation sites is 2. The van der Waals surface area contributed by atoms with Crippen LogP contribution in [-0.2, 0) is 6.54 Å². The maximum Gasteiger partial charge on any atom is 0.272 e. The lowest BCUT2D eigenvalue weighted by Gasteiger charge is -2.14. The Morgan fingerprint density at radius 3 is 2.52 bits per heavy atom. The van der Waals surface area contributed by atoms with E-state index in [2.05, 4.69) is 29.2 Å². The highest BCUT2D eigenvalue weighted by molar-refractivity contribution is 5.95. The van der Waals surface area contributed by atoms with Crippen LogP contribution in [0, 0.1) is 13.8 Å². The number of nitrogens with one attached hydrogen (secondary N) is 1. The largest absolute Gasteiger partial charge is 0.352 e. The highest BCUT2D eigenvalue weighted by atomic mass is 16.1. The van der Waals surface area contributed by atoms with Gasteiger partial charge in [-0.2, -0.15) is 5.10 Å². The number of aryl methyl sites for hydroxylation is 3. The quantitative estimate of drug-likeness (QED) is 0.435. The lowest BCUT2D eigenvalue weighted by atomic mass is 10.0. The van der Waals surface area contributed by atoms with E-state index in [1.807, 2.05) is 60.1 Å². The van der Waals surface area contributed by atoms with Gasteiger partial charge in [-0.1, -0.05) is 43.7 Å². The molecule has 170 valence electrons. The second-order valence-corrected chi connectivity index (χ2v) is 8.60. The van der Waals surface area contributed by atoms with Crippen molar-refractivity contribution >= 4 is 16.9 Å². The van der Waals surface area contributed by atoms with Crippen molar-refractivity contribution in [2.24, 2.45) is 0 Å². The third-order valence-corrected chi connectivity index (χ3v) is 5.74. The summed E-state index contributed by atoms with van der Waals surface area (Å²) in [5, 5.41) is 7.49. The smallest absolute Gasteiger partial charge is 0.272 e. The Hall–Kier alpha value is -3.74. The van der Waals surface area contributed by atoms with Crippen molar-refractivity contribution in [3.05, 3.63) is 87.6 Å². The van der Waals surface area contributed by atoms with Crippen LogP contribution in [0.25, 0.3) is 16.7 Å². The van der Waals surface area contributed by atoms with Crippen LogP contribution in [0.5, 0.6) is 0 Å². The Balaban J connectivity index is 1.47. The van der Waals surface area contributed by atoms with E-state index in [1.165, 1.54) is 5.56 Å². The number of benzene rings is 2. The molecule has 2 aromatic heterocycles. The summed E-state index contributed by atoms with van der Waals surface area (Å²) < 4.78 is 3.57. The molecule has 4 aromatic rings. The molecular formula is C26H29N5O2. The zero-order chi connectivity index (χ0) is 23.5. The minimum absolute atomic E-state index is 0.0958. The first-order chi connectivity index (χ1) is 15.9. The molecule has 2 heterocycles. The number of hydrogen-bond donors (Lipinski definition) is 1. The predicted octanol–water partition coefficient (Wildman–Crippen LogP) is 4.14. The summed E-state index contributed by atoms with van der Waals surface area (Å²) >= 11 is 0. The number of carbonyl (C=O) groups excluding carboxylic acids is 1. The predicted molar refractivity (Wildman–Crippen MR) is 130 cm³/mol. The Kier molecular flexibility index (Phi) is 6.40. The summed E-state index contributed by atoms with van der Waals surface area (Å²) in [4.78, 5) is 30.0. The second kappa shape index (κ2) is 9.40. The van der Waals surface area contributed by atoms with E-state index in [0.717, 1.165) is 22.4 Å². The third-order valence-electron chi connectivity index (χ3n) is 5.74. The van der Waals surface area contributed by atoms with Gasteiger partial charge in [-0.3, -0.25) is 9.59 Å². The molecule has 0 radical (unpaired) electrons. The molecule has 0 spiro atoms. The van der Waals surface area contributed by atoms with E-state index in [-0.39, 0.29) is 17.4 Å². The number of hydrogen-bond acceptors (Lipinski definition) is 4. The lowest BCUT2D eigenvalue weighted by Crippen LogP contribution is -2.29. The SMILES string of the molecule is Cc1ccc(-n2ncc(C(=O)NCCCn3c(=O)c(C)nc4ccccc43)c2C(C)C)cc1. The fourth-order valence-corrected chi connectivity index (χ4v) is 4.06. The van der Waals surface area contributed by atoms with Crippen molar-refractivity contribution in [3.8, 4) is 5.69 Å². The number of aromatic nitrogens is 4. The molecule has 0 aliphatic heterocycles. The first-order valence-electron chi connectivity index (χ1n) is 11.3. The number of rotatable bonds is 7. The van der Waals surface area contributed by atoms with E-state index in [9.17, 15) is 9.59 Å². The van der Waals surface area contributed by atoms with Gasteiger partial charge in [0.1, 0.15) is 5.69 Å². The topological polar surface area (TPSA) is 81.8 Å². The van der Waals surface area contributed by atoms with E-state index in [1.54, 1.807) is 17.7 Å². The average molecular weight is 444 g/mol. The van der Waals surface area contributed by atoms with Gasteiger partial charge in [0.05, 0.1) is 34.2 Å². The standard InChI is InChI=1S/C26H29N5O2/c1-17(2)24-21(16-28-31(24)20-12-10-18(3)11-13-20)25(32)27-14-7-15-30-23-9-6-5-8-22(23)29-19(4)26(30)33/h5-6,8-13,16-17H,7,14-15H2,1-4H3,(H,27,32). The highest BCUT2D eigenvalue weighted by Gasteiger charge is 2.20. The zero-order valence-electron chi connectivity index (χ0n) is 19.5. The first-order valence-corrected chi connectivity index (χ1v) is 11.3. The van der Waals surface area contributed by atoms with Crippen LogP contribution >= 0.6 is 0 Å². The van der Waals surface area contributed by atoms with Crippen LogP contribution in [0.3, 0.4) is 0 Å². The van der Waals surface area contributed by atoms with Crippen LogP contribution in [0.4, 0.5) is 0 Å². The molecule has 1 N–H and O–H groups in total. The number of carbonyl (C=O) groups is 1. The highest BCUT2D eigenvalue weighted by Crippen LogP contribution is 2.23. The van der Waals surface area contributed by atoms with Gasteiger partial charge in [0, 0.05) is 13.1 Å². The number of nitrogens with zero attached hydrogens (tertiary/aromatic N) is 4. The second-order valence-electron chi connectivity index (χ2n) is 8.60. The van der Waals surface area contributed by atoms with E-state index in [0.29, 0.717) is 30.8 Å². The molecule has 0 saturated heterocycles. The van der Waals surface area contributed by atoms with Gasteiger partial charge in [-0.15, -0.1) is 0 Å². The van der Waals surface area contributed by atoms with Gasteiger partial charge in [0.25, 0.3) is 11.5 Å². The minimum atomic E-state index is -0.153. The molecule has 0 fully saturated rings. The van der Waals surface area contributed by atoms with E-state index < -0.39 is 0 Å². The summed E-state index contributed by atoms with van der Waals surface area (Å²) in [6.45, 7) is 8.84. The zero-order valence-corrected chi connectivity index (χ0v) is 19.5. The van der Waals surface area contributed by atoms with Crippen LogP contribution in [0.2, 0.25) is 0 Å². The average Bonchev–Trinajstić information content (AvgIpc) is 3.25. The van der Waals surface area contributed by atoms with Crippen LogP contribution < -0.4 is 10.9 Å². The van der Waals surface area contributed by atoms with Crippen molar-refractivity contribution in [2.75, 3.05) is 6.54 Å². The van der Waals surface area contributed by atoms with Crippen LogP contribution in [0.15, 0.2) is 59.5 Å². The molecule has 0 bridgehead atoms. The van der Waals surface area contributed by atoms with Crippen molar-refractivity contribution in [3.63, 3.8) is 0 Å². The fraction of sp³-hybridized carbons (Fsp3) is 0.308. The molecular weight excluding hydrogens is 414 g/mol. The van der Waals surface area contributed by atoms with Gasteiger partial charge in [0.15, 0.2) is 0 Å². The van der Waals surface area contributed by atoms with E-state index >= 15 is 0 Å². The number of fused-ring (bicyclic) bond motifs is 1. The monoisotopic (exact) mass is 443 g/mol. The van der Waals surface area contributed by atoms with Crippen molar-refractivity contribution in [1.29, 1.82) is 0 Å². The van der Waals surface area contributed by atoms with Gasteiger partial charge in [0.2, 0.25) is 0 Å². The van der Waals surface area contributed by atoms with Crippen molar-refractivity contribution < 1.29 is 4.79 Å². The molecule has 33 heavy (non-hydrogen) atoms. The van der Waals surface area contributed by atoms with E-state index in [4.69, 9.17) is 0 Å². The molecule has 0 unspecified atom stereocenters. The molecule has 7 heteroatoms. The van der Waals surface area contributed by atoms with Crippen molar-refractivity contribution in [2.45, 2.75) is 46.6 Å². The Morgan fingerprint density at radius 2 is 1.79 bits per heavy atom. The maximum absolute atomic E-state index is 13.0. The Morgan fingerprint density at radius 1 is 1.06 bits per heavy atom. The van der Waals surface area contributed by atoms with Gasteiger partial charge in [-0.25, -0.2) is 9.67 Å². The molecule has 0 aliphatic carbocycles.